The van der Waals surface area contributed by atoms with Crippen molar-refractivity contribution >= 4 is 11.7 Å². The number of amides is 1. The molecule has 0 aliphatic carbocycles. The Morgan fingerprint density at radius 2 is 2.00 bits per heavy atom. The number of ketones is 1. The minimum Gasteiger partial charge on any atom is -0.396 e. The third-order valence-corrected chi connectivity index (χ3v) is 5.20. The Bertz CT molecular complexity index is 937. The molecular formula is C20H22F3N3O3. The molecule has 2 aromatic rings. The first-order valence-electron chi connectivity index (χ1n) is 9.31. The molecule has 0 saturated carbocycles. The summed E-state index contributed by atoms with van der Waals surface area (Å²) in [7, 11) is 0. The molecule has 2 heterocycles. The lowest BCUT2D eigenvalue weighted by atomic mass is 9.98. The van der Waals surface area contributed by atoms with Gasteiger partial charge in [-0.1, -0.05) is 6.07 Å². The predicted octanol–water partition coefficient (Wildman–Crippen LogP) is 2.92. The van der Waals surface area contributed by atoms with Crippen LogP contribution < -0.4 is 0 Å². The quantitative estimate of drug-likeness (QED) is 0.622. The standard InChI is InChI=1S/C20H22F3N3O3/c1-12-17(18(28)19(29)25-8-4-5-14(10-25)11-27)13(2)26(24-12)16-7-3-6-15(9-16)20(21,22)23/h3,6-7,9,14,27H,4-5,8,10-11H2,1-2H3. The lowest BCUT2D eigenvalue weighted by molar-refractivity contribution is -0.137. The second-order valence-corrected chi connectivity index (χ2v) is 7.28. The Hall–Kier alpha value is -2.68. The minimum absolute atomic E-state index is 0.0521. The number of nitrogens with zero attached hydrogens (tertiary/aromatic N) is 3. The number of hydrogen-bond acceptors (Lipinski definition) is 4. The lowest BCUT2D eigenvalue weighted by Gasteiger charge is -2.31. The van der Waals surface area contributed by atoms with Crippen LogP contribution in [0.1, 0.15) is 40.2 Å². The summed E-state index contributed by atoms with van der Waals surface area (Å²) >= 11 is 0. The van der Waals surface area contributed by atoms with Gasteiger partial charge < -0.3 is 10.0 Å². The van der Waals surface area contributed by atoms with Gasteiger partial charge in [0.25, 0.3) is 11.7 Å². The summed E-state index contributed by atoms with van der Waals surface area (Å²) in [6.45, 7) is 3.78. The summed E-state index contributed by atoms with van der Waals surface area (Å²) < 4.78 is 40.3. The van der Waals surface area contributed by atoms with Gasteiger partial charge in [-0.25, -0.2) is 4.68 Å². The van der Waals surface area contributed by atoms with E-state index in [9.17, 15) is 27.9 Å². The van der Waals surface area contributed by atoms with Crippen molar-refractivity contribution in [3.8, 4) is 5.69 Å². The number of Topliss-reactive ketones (excluding diaryl/α,β-unsaturated/α-hetero) is 1. The fourth-order valence-electron chi connectivity index (χ4n) is 3.69. The molecule has 3 rings (SSSR count). The fraction of sp³-hybridized carbons (Fsp3) is 0.450. The number of piperidine rings is 1. The number of aliphatic hydroxyl groups is 1. The van der Waals surface area contributed by atoms with Crippen LogP contribution in [0.5, 0.6) is 0 Å². The average molecular weight is 409 g/mol. The molecule has 6 nitrogen and oxygen atoms in total. The van der Waals surface area contributed by atoms with Crippen LogP contribution in [0.2, 0.25) is 0 Å². The van der Waals surface area contributed by atoms with Crippen molar-refractivity contribution in [1.82, 2.24) is 14.7 Å². The number of hydrogen-bond donors (Lipinski definition) is 1. The number of likely N-dealkylation sites (tertiary alicyclic amines) is 1. The van der Waals surface area contributed by atoms with Crippen molar-refractivity contribution in [1.29, 1.82) is 0 Å². The summed E-state index contributed by atoms with van der Waals surface area (Å²) in [5.74, 6) is -1.48. The van der Waals surface area contributed by atoms with Gasteiger partial charge in [0, 0.05) is 19.7 Å². The molecule has 1 atom stereocenters. The highest BCUT2D eigenvalue weighted by atomic mass is 19.4. The van der Waals surface area contributed by atoms with Crippen molar-refractivity contribution in [3.05, 3.63) is 46.8 Å². The van der Waals surface area contributed by atoms with Gasteiger partial charge in [0.15, 0.2) is 0 Å². The molecule has 1 aromatic heterocycles. The Balaban J connectivity index is 1.92. The van der Waals surface area contributed by atoms with Gasteiger partial charge in [-0.3, -0.25) is 9.59 Å². The first-order valence-corrected chi connectivity index (χ1v) is 9.31. The average Bonchev–Trinajstić information content (AvgIpc) is 3.00. The highest BCUT2D eigenvalue weighted by Gasteiger charge is 2.33. The predicted molar refractivity (Wildman–Crippen MR) is 98.8 cm³/mol. The van der Waals surface area contributed by atoms with E-state index in [0.29, 0.717) is 25.2 Å². The van der Waals surface area contributed by atoms with E-state index in [1.807, 2.05) is 0 Å². The monoisotopic (exact) mass is 409 g/mol. The summed E-state index contributed by atoms with van der Waals surface area (Å²) in [6.07, 6.45) is -3.01. The van der Waals surface area contributed by atoms with Crippen LogP contribution in [0, 0.1) is 19.8 Å². The Kier molecular flexibility index (Phi) is 5.79. The molecule has 29 heavy (non-hydrogen) atoms. The summed E-state index contributed by atoms with van der Waals surface area (Å²) in [4.78, 5) is 27.0. The van der Waals surface area contributed by atoms with Crippen LogP contribution >= 0.6 is 0 Å². The maximum atomic E-state index is 13.0. The van der Waals surface area contributed by atoms with Crippen LogP contribution in [0.4, 0.5) is 13.2 Å². The van der Waals surface area contributed by atoms with E-state index in [-0.39, 0.29) is 29.5 Å². The molecule has 0 radical (unpaired) electrons. The molecule has 1 aromatic carbocycles. The molecule has 1 fully saturated rings. The number of rotatable bonds is 4. The van der Waals surface area contributed by atoms with Crippen LogP contribution in [0.3, 0.4) is 0 Å². The SMILES string of the molecule is Cc1nn(-c2cccc(C(F)(F)F)c2)c(C)c1C(=O)C(=O)N1CCCC(CO)C1. The van der Waals surface area contributed by atoms with Crippen molar-refractivity contribution in [3.63, 3.8) is 0 Å². The molecular weight excluding hydrogens is 387 g/mol. The second-order valence-electron chi connectivity index (χ2n) is 7.28. The molecule has 156 valence electrons. The van der Waals surface area contributed by atoms with Crippen LogP contribution in [0.15, 0.2) is 24.3 Å². The number of aromatic nitrogens is 2. The Labute approximate surface area is 165 Å². The number of halogens is 3. The number of alkyl halides is 3. The molecule has 1 N–H and O–H groups in total. The summed E-state index contributed by atoms with van der Waals surface area (Å²) in [5, 5.41) is 13.5. The molecule has 1 amide bonds. The number of benzene rings is 1. The second kappa shape index (κ2) is 7.98. The zero-order chi connectivity index (χ0) is 21.3. The molecule has 1 aliphatic heterocycles. The highest BCUT2D eigenvalue weighted by Crippen LogP contribution is 2.31. The third kappa shape index (κ3) is 4.19. The van der Waals surface area contributed by atoms with Crippen LogP contribution in [-0.2, 0) is 11.0 Å². The highest BCUT2D eigenvalue weighted by molar-refractivity contribution is 6.43. The largest absolute Gasteiger partial charge is 0.416 e. The van der Waals surface area contributed by atoms with Gasteiger partial charge >= 0.3 is 6.18 Å². The zero-order valence-electron chi connectivity index (χ0n) is 16.2. The summed E-state index contributed by atoms with van der Waals surface area (Å²) in [5.41, 5.74) is 0.00325. The van der Waals surface area contributed by atoms with E-state index < -0.39 is 23.4 Å². The van der Waals surface area contributed by atoms with E-state index in [2.05, 4.69) is 5.10 Å². The molecule has 0 bridgehead atoms. The maximum Gasteiger partial charge on any atom is 0.416 e. The van der Waals surface area contributed by atoms with E-state index in [1.54, 1.807) is 13.8 Å². The molecule has 1 saturated heterocycles. The smallest absolute Gasteiger partial charge is 0.396 e. The lowest BCUT2D eigenvalue weighted by Crippen LogP contribution is -2.44. The Morgan fingerprint density at radius 1 is 1.28 bits per heavy atom. The molecule has 1 aliphatic rings. The Morgan fingerprint density at radius 3 is 2.66 bits per heavy atom. The molecule has 1 unspecified atom stereocenters. The number of carbonyl (C=O) groups is 2. The van der Waals surface area contributed by atoms with Gasteiger partial charge in [-0.15, -0.1) is 0 Å². The summed E-state index contributed by atoms with van der Waals surface area (Å²) in [6, 6.07) is 4.63. The van der Waals surface area contributed by atoms with Crippen molar-refractivity contribution in [2.24, 2.45) is 5.92 Å². The van der Waals surface area contributed by atoms with Crippen LogP contribution in [-0.4, -0.2) is 51.2 Å². The minimum atomic E-state index is -4.50. The third-order valence-electron chi connectivity index (χ3n) is 5.20. The topological polar surface area (TPSA) is 75.4 Å². The zero-order valence-corrected chi connectivity index (χ0v) is 16.2. The molecule has 0 spiro atoms. The van der Waals surface area contributed by atoms with Gasteiger partial charge in [0.05, 0.1) is 28.2 Å². The fourth-order valence-corrected chi connectivity index (χ4v) is 3.69. The van der Waals surface area contributed by atoms with E-state index in [0.717, 1.165) is 18.6 Å². The van der Waals surface area contributed by atoms with Crippen molar-refractivity contribution in [2.45, 2.75) is 32.9 Å². The van der Waals surface area contributed by atoms with Gasteiger partial charge in [-0.05, 0) is 50.8 Å². The van der Waals surface area contributed by atoms with E-state index in [4.69, 9.17) is 0 Å². The normalized spacial score (nSPS) is 17.4. The first kappa shape index (κ1) is 21.0. The number of aryl methyl sites for hydroxylation is 1. The number of carbonyl (C=O) groups excluding carboxylic acids is 2. The van der Waals surface area contributed by atoms with E-state index >= 15 is 0 Å². The van der Waals surface area contributed by atoms with Gasteiger partial charge in [0.1, 0.15) is 0 Å². The number of aliphatic hydroxyl groups excluding tert-OH is 1. The maximum absolute atomic E-state index is 13.0. The van der Waals surface area contributed by atoms with Crippen molar-refractivity contribution < 1.29 is 27.9 Å². The van der Waals surface area contributed by atoms with Gasteiger partial charge in [0.2, 0.25) is 0 Å². The van der Waals surface area contributed by atoms with E-state index in [1.165, 1.54) is 21.7 Å². The van der Waals surface area contributed by atoms with Crippen LogP contribution in [0.25, 0.3) is 5.69 Å². The first-order chi connectivity index (χ1) is 13.6. The van der Waals surface area contributed by atoms with Crippen molar-refractivity contribution in [2.75, 3.05) is 19.7 Å². The van der Waals surface area contributed by atoms with Gasteiger partial charge in [-0.2, -0.15) is 18.3 Å². The molecule has 9 heteroatoms.